The Balaban J connectivity index is 1.23. The number of nitrogens with zero attached hydrogens (tertiary/aromatic N) is 3. The summed E-state index contributed by atoms with van der Waals surface area (Å²) in [6.45, 7) is 5.07. The molecule has 0 aliphatic carbocycles. The molecule has 1 N–H and O–H groups in total. The second kappa shape index (κ2) is 11.6. The van der Waals surface area contributed by atoms with Gasteiger partial charge in [-0.2, -0.15) is 4.31 Å². The molecule has 2 heterocycles. The van der Waals surface area contributed by atoms with Crippen molar-refractivity contribution in [3.8, 4) is 0 Å². The molecule has 1 aliphatic heterocycles. The smallest absolute Gasteiger partial charge is 0.257 e. The number of sulfonamides is 1. The summed E-state index contributed by atoms with van der Waals surface area (Å²) < 4.78 is 27.8. The van der Waals surface area contributed by atoms with Crippen molar-refractivity contribution in [2.24, 2.45) is 0 Å². The summed E-state index contributed by atoms with van der Waals surface area (Å²) in [5.74, 6) is -0.308. The van der Waals surface area contributed by atoms with Crippen LogP contribution in [0.3, 0.4) is 0 Å². The molecule has 7 nitrogen and oxygen atoms in total. The first-order chi connectivity index (χ1) is 18.4. The van der Waals surface area contributed by atoms with Gasteiger partial charge in [-0.25, -0.2) is 13.4 Å². The largest absolute Gasteiger partial charge is 0.298 e. The van der Waals surface area contributed by atoms with E-state index >= 15 is 0 Å². The van der Waals surface area contributed by atoms with Gasteiger partial charge in [0.2, 0.25) is 10.0 Å². The number of carbonyl (C=O) groups is 1. The number of fused-ring (bicyclic) bond motifs is 1. The molecule has 196 valence electrons. The van der Waals surface area contributed by atoms with Crippen molar-refractivity contribution in [3.05, 3.63) is 112 Å². The molecular weight excluding hydrogens is 516 g/mol. The van der Waals surface area contributed by atoms with E-state index in [0.717, 1.165) is 37.3 Å². The van der Waals surface area contributed by atoms with Crippen molar-refractivity contribution < 1.29 is 13.2 Å². The highest BCUT2D eigenvalue weighted by atomic mass is 32.2. The summed E-state index contributed by atoms with van der Waals surface area (Å²) in [7, 11) is -3.69. The highest BCUT2D eigenvalue weighted by Gasteiger charge is 2.24. The van der Waals surface area contributed by atoms with Gasteiger partial charge in [0.05, 0.1) is 10.6 Å². The number of amides is 1. The molecule has 38 heavy (non-hydrogen) atoms. The fraction of sp³-hybridized carbons (Fsp3) is 0.241. The molecule has 0 saturated carbocycles. The van der Waals surface area contributed by atoms with Gasteiger partial charge in [-0.15, -0.1) is 11.3 Å². The molecule has 1 aromatic heterocycles. The molecule has 0 bridgehead atoms. The van der Waals surface area contributed by atoms with Crippen LogP contribution in [0.2, 0.25) is 0 Å². The minimum atomic E-state index is -3.69. The average Bonchev–Trinajstić information content (AvgIpc) is 3.34. The Morgan fingerprint density at radius 3 is 2.29 bits per heavy atom. The second-order valence-corrected chi connectivity index (χ2v) is 12.3. The Hall–Kier alpha value is -3.37. The van der Waals surface area contributed by atoms with Crippen LogP contribution in [0.1, 0.15) is 39.0 Å². The van der Waals surface area contributed by atoms with Gasteiger partial charge in [0, 0.05) is 49.6 Å². The SMILES string of the molecule is CCN(Cc1ccccc1)S(=O)(=O)c1ccc(C(=O)Nc2nc3c(s2)CN(Cc2ccccc2)CC3)cc1. The van der Waals surface area contributed by atoms with E-state index in [1.54, 1.807) is 12.1 Å². The molecule has 0 radical (unpaired) electrons. The summed E-state index contributed by atoms with van der Waals surface area (Å²) in [5, 5.41) is 3.46. The summed E-state index contributed by atoms with van der Waals surface area (Å²) in [6, 6.07) is 26.0. The predicted molar refractivity (Wildman–Crippen MR) is 150 cm³/mol. The lowest BCUT2D eigenvalue weighted by molar-refractivity contribution is 0.102. The van der Waals surface area contributed by atoms with E-state index in [1.807, 2.05) is 43.3 Å². The van der Waals surface area contributed by atoms with Gasteiger partial charge in [0.1, 0.15) is 0 Å². The van der Waals surface area contributed by atoms with E-state index in [0.29, 0.717) is 23.8 Å². The van der Waals surface area contributed by atoms with Crippen LogP contribution < -0.4 is 5.32 Å². The molecule has 9 heteroatoms. The van der Waals surface area contributed by atoms with E-state index in [-0.39, 0.29) is 10.8 Å². The highest BCUT2D eigenvalue weighted by molar-refractivity contribution is 7.89. The molecule has 0 fully saturated rings. The Morgan fingerprint density at radius 1 is 0.974 bits per heavy atom. The van der Waals surface area contributed by atoms with Gasteiger partial charge in [0.15, 0.2) is 5.13 Å². The molecule has 0 atom stereocenters. The van der Waals surface area contributed by atoms with Crippen LogP contribution in [0.5, 0.6) is 0 Å². The third kappa shape index (κ3) is 6.02. The standard InChI is InChI=1S/C29H30N4O3S2/c1-2-33(20-23-11-7-4-8-12-23)38(35,36)25-15-13-24(14-16-25)28(34)31-29-30-26-17-18-32(21-27(26)37-29)19-22-9-5-3-6-10-22/h3-16H,2,17-21H2,1H3,(H,30,31,34). The Bertz CT molecular complexity index is 1490. The highest BCUT2D eigenvalue weighted by Crippen LogP contribution is 2.29. The minimum absolute atomic E-state index is 0.162. The van der Waals surface area contributed by atoms with Crippen molar-refractivity contribution in [2.75, 3.05) is 18.4 Å². The zero-order valence-corrected chi connectivity index (χ0v) is 22.8. The summed E-state index contributed by atoms with van der Waals surface area (Å²) in [6.07, 6.45) is 0.845. The van der Waals surface area contributed by atoms with Gasteiger partial charge in [0.25, 0.3) is 5.91 Å². The molecule has 5 rings (SSSR count). The Labute approximate surface area is 227 Å². The van der Waals surface area contributed by atoms with E-state index < -0.39 is 10.0 Å². The zero-order chi connectivity index (χ0) is 26.5. The maximum atomic E-state index is 13.2. The number of aromatic nitrogens is 1. The quantitative estimate of drug-likeness (QED) is 0.313. The average molecular weight is 547 g/mol. The number of hydrogen-bond acceptors (Lipinski definition) is 6. The molecule has 3 aromatic carbocycles. The van der Waals surface area contributed by atoms with Crippen LogP contribution in [0.15, 0.2) is 89.8 Å². The van der Waals surface area contributed by atoms with Crippen molar-refractivity contribution in [2.45, 2.75) is 37.9 Å². The normalized spacial score (nSPS) is 13.8. The van der Waals surface area contributed by atoms with Crippen molar-refractivity contribution in [1.29, 1.82) is 0 Å². The van der Waals surface area contributed by atoms with Gasteiger partial charge < -0.3 is 0 Å². The van der Waals surface area contributed by atoms with Gasteiger partial charge in [-0.05, 0) is 35.4 Å². The Morgan fingerprint density at radius 2 is 1.63 bits per heavy atom. The first kappa shape index (κ1) is 26.2. The van der Waals surface area contributed by atoms with Gasteiger partial charge in [-0.1, -0.05) is 67.6 Å². The van der Waals surface area contributed by atoms with Crippen molar-refractivity contribution in [3.63, 3.8) is 0 Å². The van der Waals surface area contributed by atoms with Crippen LogP contribution in [-0.4, -0.2) is 41.6 Å². The van der Waals surface area contributed by atoms with Crippen LogP contribution in [0.4, 0.5) is 5.13 Å². The first-order valence-electron chi connectivity index (χ1n) is 12.6. The van der Waals surface area contributed by atoms with Crippen LogP contribution >= 0.6 is 11.3 Å². The van der Waals surface area contributed by atoms with Crippen molar-refractivity contribution in [1.82, 2.24) is 14.2 Å². The molecular formula is C29H30N4O3S2. The van der Waals surface area contributed by atoms with Crippen LogP contribution in [0.25, 0.3) is 0 Å². The monoisotopic (exact) mass is 546 g/mol. The lowest BCUT2D eigenvalue weighted by Gasteiger charge is -2.25. The molecule has 1 amide bonds. The maximum absolute atomic E-state index is 13.2. The number of nitrogens with one attached hydrogen (secondary N) is 1. The lowest BCUT2D eigenvalue weighted by atomic mass is 10.1. The molecule has 0 saturated heterocycles. The molecule has 4 aromatic rings. The summed E-state index contributed by atoms with van der Waals surface area (Å²) in [4.78, 5) is 21.3. The topological polar surface area (TPSA) is 82.6 Å². The molecule has 1 aliphatic rings. The van der Waals surface area contributed by atoms with E-state index in [1.165, 1.54) is 38.2 Å². The first-order valence-corrected chi connectivity index (χ1v) is 14.9. The fourth-order valence-corrected chi connectivity index (χ4v) is 7.01. The van der Waals surface area contributed by atoms with E-state index in [9.17, 15) is 13.2 Å². The molecule has 0 unspecified atom stereocenters. The third-order valence-electron chi connectivity index (χ3n) is 6.59. The van der Waals surface area contributed by atoms with Gasteiger partial charge in [-0.3, -0.25) is 15.0 Å². The molecule has 0 spiro atoms. The predicted octanol–water partition coefficient (Wildman–Crippen LogP) is 5.16. The van der Waals surface area contributed by atoms with E-state index in [4.69, 9.17) is 0 Å². The number of carbonyl (C=O) groups excluding carboxylic acids is 1. The Kier molecular flexibility index (Phi) is 7.99. The number of anilines is 1. The van der Waals surface area contributed by atoms with Crippen LogP contribution in [-0.2, 0) is 36.1 Å². The van der Waals surface area contributed by atoms with E-state index in [2.05, 4.69) is 39.5 Å². The van der Waals surface area contributed by atoms with Crippen LogP contribution in [0, 0.1) is 0 Å². The summed E-state index contributed by atoms with van der Waals surface area (Å²) >= 11 is 1.50. The van der Waals surface area contributed by atoms with Crippen molar-refractivity contribution >= 4 is 32.4 Å². The lowest BCUT2D eigenvalue weighted by Crippen LogP contribution is -2.30. The number of benzene rings is 3. The minimum Gasteiger partial charge on any atom is -0.298 e. The third-order valence-corrected chi connectivity index (χ3v) is 9.52. The number of rotatable bonds is 9. The van der Waals surface area contributed by atoms with Gasteiger partial charge >= 0.3 is 0 Å². The zero-order valence-electron chi connectivity index (χ0n) is 21.2. The second-order valence-electron chi connectivity index (χ2n) is 9.23. The number of hydrogen-bond donors (Lipinski definition) is 1. The number of thiazole rings is 1. The summed E-state index contributed by atoms with van der Waals surface area (Å²) in [5.41, 5.74) is 3.62. The fourth-order valence-electron chi connectivity index (χ4n) is 4.53. The maximum Gasteiger partial charge on any atom is 0.257 e.